The summed E-state index contributed by atoms with van der Waals surface area (Å²) in [4.78, 5) is 0. The summed E-state index contributed by atoms with van der Waals surface area (Å²) in [6.45, 7) is 13.1. The lowest BCUT2D eigenvalue weighted by Crippen LogP contribution is -2.48. The molecule has 3 rings (SSSR count). The Labute approximate surface area is 135 Å². The highest BCUT2D eigenvalue weighted by atomic mass is 28.3. The van der Waals surface area contributed by atoms with Gasteiger partial charge in [-0.2, -0.15) is 0 Å². The van der Waals surface area contributed by atoms with Gasteiger partial charge >= 0.3 is 7.12 Å². The van der Waals surface area contributed by atoms with Crippen molar-refractivity contribution in [3.8, 4) is 0 Å². The van der Waals surface area contributed by atoms with Gasteiger partial charge in [0.15, 0.2) is 0 Å². The van der Waals surface area contributed by atoms with Crippen molar-refractivity contribution >= 4 is 37.3 Å². The van der Waals surface area contributed by atoms with E-state index < -0.39 is 8.80 Å². The predicted molar refractivity (Wildman–Crippen MR) is 96.8 cm³/mol. The number of benzene rings is 2. The number of hydrogen-bond acceptors (Lipinski definition) is 2. The van der Waals surface area contributed by atoms with E-state index in [1.54, 1.807) is 0 Å². The summed E-state index contributed by atoms with van der Waals surface area (Å²) < 4.78 is 12.6. The maximum atomic E-state index is 6.28. The van der Waals surface area contributed by atoms with Gasteiger partial charge in [-0.1, -0.05) is 54.7 Å². The van der Waals surface area contributed by atoms with Crippen LogP contribution in [0.1, 0.15) is 27.7 Å². The van der Waals surface area contributed by atoms with E-state index in [9.17, 15) is 0 Å². The minimum Gasteiger partial charge on any atom is -0.399 e. The van der Waals surface area contributed by atoms with Gasteiger partial charge in [-0.05, 0) is 43.9 Å². The molecule has 1 radical (unpaired) electrons. The Kier molecular flexibility index (Phi) is 3.75. The molecule has 2 nitrogen and oxygen atoms in total. The second-order valence-corrected chi connectivity index (χ2v) is 9.84. The fraction of sp³-hybridized carbons (Fsp3) is 0.444. The van der Waals surface area contributed by atoms with Gasteiger partial charge < -0.3 is 9.31 Å². The summed E-state index contributed by atoms with van der Waals surface area (Å²) in [5.41, 5.74) is 0.612. The Morgan fingerprint density at radius 1 is 0.864 bits per heavy atom. The predicted octanol–water partition coefficient (Wildman–Crippen LogP) is 3.10. The zero-order chi connectivity index (χ0) is 16.1. The molecule has 0 N–H and O–H groups in total. The topological polar surface area (TPSA) is 18.5 Å². The maximum Gasteiger partial charge on any atom is 0.494 e. The van der Waals surface area contributed by atoms with Crippen molar-refractivity contribution in [3.05, 3.63) is 36.4 Å². The van der Waals surface area contributed by atoms with Crippen molar-refractivity contribution in [2.24, 2.45) is 0 Å². The monoisotopic (exact) mass is 311 g/mol. The second-order valence-electron chi connectivity index (χ2n) is 7.34. The van der Waals surface area contributed by atoms with Crippen LogP contribution in [0.2, 0.25) is 13.1 Å². The first kappa shape index (κ1) is 15.8. The second kappa shape index (κ2) is 5.22. The van der Waals surface area contributed by atoms with Gasteiger partial charge in [0.2, 0.25) is 0 Å². The molecule has 4 heteroatoms. The van der Waals surface area contributed by atoms with Crippen molar-refractivity contribution in [2.45, 2.75) is 52.0 Å². The first-order valence-corrected chi connectivity index (χ1v) is 10.4. The Morgan fingerprint density at radius 2 is 1.45 bits per heavy atom. The van der Waals surface area contributed by atoms with Gasteiger partial charge in [-0.3, -0.25) is 0 Å². The molecule has 0 atom stereocenters. The van der Waals surface area contributed by atoms with Crippen LogP contribution in [0.4, 0.5) is 0 Å². The van der Waals surface area contributed by atoms with E-state index >= 15 is 0 Å². The van der Waals surface area contributed by atoms with Crippen LogP contribution in [0.3, 0.4) is 0 Å². The van der Waals surface area contributed by atoms with Crippen LogP contribution in [-0.4, -0.2) is 27.1 Å². The summed E-state index contributed by atoms with van der Waals surface area (Å²) >= 11 is 0. The molecule has 0 bridgehead atoms. The standard InChI is InChI=1S/C18H24BO2Si/c1-17(2)18(3,4)21-19(20-17)15-12-11-13-9-7-8-10-14(13)16(15)22(5)6/h7-12H,1-6H3. The Bertz CT molecular complexity index is 693. The average Bonchev–Trinajstić information content (AvgIpc) is 2.65. The summed E-state index contributed by atoms with van der Waals surface area (Å²) in [6.07, 6.45) is 0. The Morgan fingerprint density at radius 3 is 2.05 bits per heavy atom. The van der Waals surface area contributed by atoms with Crippen molar-refractivity contribution in [3.63, 3.8) is 0 Å². The third-order valence-electron chi connectivity index (χ3n) is 4.97. The lowest BCUT2D eigenvalue weighted by atomic mass is 9.78. The van der Waals surface area contributed by atoms with Gasteiger partial charge in [0.1, 0.15) is 0 Å². The highest BCUT2D eigenvalue weighted by Crippen LogP contribution is 2.36. The van der Waals surface area contributed by atoms with Gasteiger partial charge in [0, 0.05) is 0 Å². The van der Waals surface area contributed by atoms with E-state index in [2.05, 4.69) is 77.2 Å². The molecule has 2 aromatic carbocycles. The van der Waals surface area contributed by atoms with Gasteiger partial charge in [0.25, 0.3) is 0 Å². The molecule has 0 spiro atoms. The van der Waals surface area contributed by atoms with Crippen LogP contribution in [0.25, 0.3) is 10.8 Å². The molecule has 0 amide bonds. The van der Waals surface area contributed by atoms with E-state index in [1.165, 1.54) is 21.4 Å². The lowest BCUT2D eigenvalue weighted by Gasteiger charge is -2.32. The third-order valence-corrected chi connectivity index (χ3v) is 6.53. The van der Waals surface area contributed by atoms with E-state index in [0.717, 1.165) is 0 Å². The largest absolute Gasteiger partial charge is 0.494 e. The molecule has 1 aliphatic heterocycles. The molecule has 1 saturated heterocycles. The first-order chi connectivity index (χ1) is 10.2. The molecule has 115 valence electrons. The summed E-state index contributed by atoms with van der Waals surface area (Å²) in [6, 6.07) is 13.0. The summed E-state index contributed by atoms with van der Waals surface area (Å²) in [7, 11) is -0.911. The lowest BCUT2D eigenvalue weighted by molar-refractivity contribution is 0.00578. The Balaban J connectivity index is 2.14. The highest BCUT2D eigenvalue weighted by molar-refractivity contribution is 6.81. The molecule has 1 aliphatic rings. The molecule has 0 aliphatic carbocycles. The maximum absolute atomic E-state index is 6.28. The van der Waals surface area contributed by atoms with E-state index in [4.69, 9.17) is 9.31 Å². The minimum atomic E-state index is -0.637. The van der Waals surface area contributed by atoms with Crippen molar-refractivity contribution < 1.29 is 9.31 Å². The third kappa shape index (κ3) is 2.43. The number of rotatable bonds is 2. The van der Waals surface area contributed by atoms with Crippen molar-refractivity contribution in [1.29, 1.82) is 0 Å². The van der Waals surface area contributed by atoms with Gasteiger partial charge in [-0.15, -0.1) is 0 Å². The number of hydrogen-bond donors (Lipinski definition) is 0. The molecule has 1 heterocycles. The quantitative estimate of drug-likeness (QED) is 0.794. The molecular weight excluding hydrogens is 287 g/mol. The molecule has 0 unspecified atom stereocenters. The minimum absolute atomic E-state index is 0.274. The SMILES string of the molecule is C[Si](C)c1c(B2OC(C)(C)C(C)(C)O2)ccc2ccccc12. The van der Waals surface area contributed by atoms with Crippen molar-refractivity contribution in [1.82, 2.24) is 0 Å². The number of fused-ring (bicyclic) bond motifs is 1. The van der Waals surface area contributed by atoms with Crippen LogP contribution in [-0.2, 0) is 9.31 Å². The van der Waals surface area contributed by atoms with Crippen LogP contribution >= 0.6 is 0 Å². The average molecular weight is 311 g/mol. The molecule has 2 aromatic rings. The van der Waals surface area contributed by atoms with Crippen LogP contribution in [0.15, 0.2) is 36.4 Å². The fourth-order valence-corrected chi connectivity index (χ4v) is 4.56. The van der Waals surface area contributed by atoms with E-state index in [-0.39, 0.29) is 18.3 Å². The zero-order valence-corrected chi connectivity index (χ0v) is 15.4. The fourth-order valence-electron chi connectivity index (χ4n) is 3.01. The zero-order valence-electron chi connectivity index (χ0n) is 14.4. The van der Waals surface area contributed by atoms with Crippen LogP contribution < -0.4 is 10.6 Å². The molecular formula is C18H24BO2Si. The van der Waals surface area contributed by atoms with E-state index in [0.29, 0.717) is 0 Å². The van der Waals surface area contributed by atoms with Crippen molar-refractivity contribution in [2.75, 3.05) is 0 Å². The van der Waals surface area contributed by atoms with Crippen LogP contribution in [0, 0.1) is 0 Å². The molecule has 0 aromatic heterocycles. The smallest absolute Gasteiger partial charge is 0.399 e. The van der Waals surface area contributed by atoms with Gasteiger partial charge in [-0.25, -0.2) is 0 Å². The normalized spacial score (nSPS) is 20.0. The molecule has 22 heavy (non-hydrogen) atoms. The first-order valence-electron chi connectivity index (χ1n) is 7.91. The summed E-state index contributed by atoms with van der Waals surface area (Å²) in [5, 5.41) is 4.07. The Hall–Kier alpha value is -1.10. The van der Waals surface area contributed by atoms with E-state index in [1.807, 2.05) is 0 Å². The highest BCUT2D eigenvalue weighted by Gasteiger charge is 2.52. The van der Waals surface area contributed by atoms with Gasteiger partial charge in [0.05, 0.1) is 20.0 Å². The van der Waals surface area contributed by atoms with Crippen LogP contribution in [0.5, 0.6) is 0 Å². The summed E-state index contributed by atoms with van der Waals surface area (Å²) in [5.74, 6) is 0. The molecule has 1 fully saturated rings. The molecule has 0 saturated carbocycles.